The van der Waals surface area contributed by atoms with Crippen molar-refractivity contribution in [1.82, 2.24) is 4.98 Å². The average molecular weight is 415 g/mol. The Balaban J connectivity index is 1.68. The number of benzene rings is 3. The first kappa shape index (κ1) is 19.7. The Hall–Kier alpha value is -4.23. The zero-order chi connectivity index (χ0) is 22.0. The van der Waals surface area contributed by atoms with E-state index in [0.29, 0.717) is 18.4 Å². The molecule has 0 spiro atoms. The number of anilines is 2. The van der Waals surface area contributed by atoms with Gasteiger partial charge in [-0.25, -0.2) is 0 Å². The number of nitriles is 1. The molecule has 1 aromatic heterocycles. The van der Waals surface area contributed by atoms with E-state index in [0.717, 1.165) is 28.1 Å². The van der Waals surface area contributed by atoms with E-state index in [2.05, 4.69) is 17.1 Å². The van der Waals surface area contributed by atoms with Crippen molar-refractivity contribution in [2.75, 3.05) is 4.90 Å². The van der Waals surface area contributed by atoms with E-state index in [1.54, 1.807) is 12.4 Å². The minimum absolute atomic E-state index is 0.0612. The highest BCUT2D eigenvalue weighted by atomic mass is 16.2. The molecule has 154 valence electrons. The lowest BCUT2D eigenvalue weighted by Gasteiger charge is -2.29. The van der Waals surface area contributed by atoms with Crippen molar-refractivity contribution < 1.29 is 4.79 Å². The van der Waals surface area contributed by atoms with Crippen molar-refractivity contribution in [2.45, 2.75) is 18.3 Å². The van der Waals surface area contributed by atoms with Crippen LogP contribution >= 0.6 is 0 Å². The summed E-state index contributed by atoms with van der Waals surface area (Å²) in [5.41, 5.74) is 4.74. The minimum atomic E-state index is -0.762. The van der Waals surface area contributed by atoms with Crippen LogP contribution in [-0.2, 0) is 23.1 Å². The molecule has 4 nitrogen and oxygen atoms in total. The Morgan fingerprint density at radius 3 is 2.09 bits per heavy atom. The molecule has 0 saturated carbocycles. The van der Waals surface area contributed by atoms with E-state index in [1.807, 2.05) is 89.8 Å². The van der Waals surface area contributed by atoms with Crippen molar-refractivity contribution >= 4 is 17.3 Å². The molecule has 1 aliphatic rings. The predicted molar refractivity (Wildman–Crippen MR) is 125 cm³/mol. The molecule has 5 rings (SSSR count). The molecule has 4 aromatic rings. The van der Waals surface area contributed by atoms with Crippen LogP contribution in [0.1, 0.15) is 22.3 Å². The van der Waals surface area contributed by atoms with Crippen LogP contribution in [-0.4, -0.2) is 10.9 Å². The van der Waals surface area contributed by atoms with Crippen LogP contribution in [0.5, 0.6) is 0 Å². The minimum Gasteiger partial charge on any atom is -0.280 e. The lowest BCUT2D eigenvalue weighted by atomic mass is 9.72. The van der Waals surface area contributed by atoms with Gasteiger partial charge in [0.25, 0.3) is 0 Å². The van der Waals surface area contributed by atoms with E-state index in [-0.39, 0.29) is 5.91 Å². The smallest absolute Gasteiger partial charge is 0.242 e. The molecule has 1 unspecified atom stereocenters. The third-order valence-corrected chi connectivity index (χ3v) is 6.13. The van der Waals surface area contributed by atoms with Gasteiger partial charge in [0.15, 0.2) is 0 Å². The summed E-state index contributed by atoms with van der Waals surface area (Å²) in [6, 6.07) is 31.5. The largest absolute Gasteiger partial charge is 0.280 e. The maximum Gasteiger partial charge on any atom is 0.242 e. The molecule has 0 fully saturated rings. The fourth-order valence-electron chi connectivity index (χ4n) is 4.64. The van der Waals surface area contributed by atoms with Gasteiger partial charge in [0.05, 0.1) is 22.7 Å². The molecule has 0 bridgehead atoms. The van der Waals surface area contributed by atoms with Crippen LogP contribution in [0.4, 0.5) is 11.4 Å². The molecule has 3 aromatic carbocycles. The third kappa shape index (κ3) is 3.34. The van der Waals surface area contributed by atoms with Crippen molar-refractivity contribution in [3.05, 3.63) is 126 Å². The first-order chi connectivity index (χ1) is 15.7. The summed E-state index contributed by atoms with van der Waals surface area (Å²) in [4.78, 5) is 20.3. The Kier molecular flexibility index (Phi) is 5.01. The van der Waals surface area contributed by atoms with Crippen molar-refractivity contribution in [1.29, 1.82) is 5.26 Å². The number of aromatic nitrogens is 1. The highest BCUT2D eigenvalue weighted by Gasteiger charge is 2.51. The third-order valence-electron chi connectivity index (χ3n) is 6.13. The fraction of sp³-hybridized carbons (Fsp3) is 0.107. The number of hydrogen-bond acceptors (Lipinski definition) is 3. The molecular formula is C28H21N3O. The number of para-hydroxylation sites is 2. The number of rotatable bonds is 5. The van der Waals surface area contributed by atoms with Gasteiger partial charge in [-0.15, -0.1) is 0 Å². The monoisotopic (exact) mass is 415 g/mol. The lowest BCUT2D eigenvalue weighted by molar-refractivity contribution is -0.122. The molecule has 0 N–H and O–H groups in total. The molecular weight excluding hydrogens is 394 g/mol. The molecule has 0 radical (unpaired) electrons. The Morgan fingerprint density at radius 2 is 1.41 bits per heavy atom. The second kappa shape index (κ2) is 8.13. The molecule has 0 saturated heterocycles. The van der Waals surface area contributed by atoms with E-state index in [1.165, 1.54) is 0 Å². The topological polar surface area (TPSA) is 57.0 Å². The second-order valence-electron chi connectivity index (χ2n) is 8.09. The second-order valence-corrected chi connectivity index (χ2v) is 8.09. The summed E-state index contributed by atoms with van der Waals surface area (Å²) in [5, 5.41) is 9.17. The van der Waals surface area contributed by atoms with Crippen LogP contribution in [0.3, 0.4) is 0 Å². The SMILES string of the molecule is N#Cc1ccc(CC2(Cc3ccncc3)C(=O)N(c3ccccc3)c3ccccc32)cc1. The highest BCUT2D eigenvalue weighted by Crippen LogP contribution is 2.48. The van der Waals surface area contributed by atoms with Gasteiger partial charge in [0.2, 0.25) is 5.91 Å². The average Bonchev–Trinajstić information content (AvgIpc) is 3.08. The van der Waals surface area contributed by atoms with Crippen molar-refractivity contribution in [3.8, 4) is 6.07 Å². The number of pyridine rings is 1. The van der Waals surface area contributed by atoms with Crippen molar-refractivity contribution in [2.24, 2.45) is 0 Å². The van der Waals surface area contributed by atoms with E-state index in [4.69, 9.17) is 0 Å². The molecule has 1 aliphatic heterocycles. The number of carbonyl (C=O) groups excluding carboxylic acids is 1. The fourth-order valence-corrected chi connectivity index (χ4v) is 4.64. The maximum absolute atomic E-state index is 14.3. The van der Waals surface area contributed by atoms with Gasteiger partial charge < -0.3 is 0 Å². The molecule has 0 aliphatic carbocycles. The lowest BCUT2D eigenvalue weighted by Crippen LogP contribution is -2.42. The molecule has 4 heteroatoms. The van der Waals surface area contributed by atoms with Crippen LogP contribution in [0.15, 0.2) is 103 Å². The van der Waals surface area contributed by atoms with Crippen LogP contribution in [0.2, 0.25) is 0 Å². The first-order valence-electron chi connectivity index (χ1n) is 10.6. The summed E-state index contributed by atoms with van der Waals surface area (Å²) in [7, 11) is 0. The van der Waals surface area contributed by atoms with E-state index in [9.17, 15) is 10.1 Å². The van der Waals surface area contributed by atoms with Crippen LogP contribution < -0.4 is 4.90 Å². The van der Waals surface area contributed by atoms with Gasteiger partial charge in [-0.2, -0.15) is 5.26 Å². The standard InChI is InChI=1S/C28H21N3O/c29-20-23-12-10-21(11-13-23)18-28(19-22-14-16-30-17-15-22)25-8-4-5-9-26(25)31(27(28)32)24-6-2-1-3-7-24/h1-17H,18-19H2. The molecule has 32 heavy (non-hydrogen) atoms. The number of amides is 1. The van der Waals surface area contributed by atoms with E-state index >= 15 is 0 Å². The zero-order valence-corrected chi connectivity index (χ0v) is 17.5. The summed E-state index contributed by atoms with van der Waals surface area (Å²) in [5.74, 6) is 0.0612. The number of nitrogens with zero attached hydrogens (tertiary/aromatic N) is 3. The van der Waals surface area contributed by atoms with Gasteiger partial charge in [0, 0.05) is 18.1 Å². The van der Waals surface area contributed by atoms with Gasteiger partial charge in [-0.1, -0.05) is 48.5 Å². The van der Waals surface area contributed by atoms with Gasteiger partial charge >= 0.3 is 0 Å². The Bertz CT molecular complexity index is 1290. The van der Waals surface area contributed by atoms with Crippen molar-refractivity contribution in [3.63, 3.8) is 0 Å². The number of hydrogen-bond donors (Lipinski definition) is 0. The zero-order valence-electron chi connectivity index (χ0n) is 17.5. The number of fused-ring (bicyclic) bond motifs is 1. The molecule has 1 amide bonds. The summed E-state index contributed by atoms with van der Waals surface area (Å²) >= 11 is 0. The van der Waals surface area contributed by atoms with Gasteiger partial charge in [-0.3, -0.25) is 14.7 Å². The maximum atomic E-state index is 14.3. The highest BCUT2D eigenvalue weighted by molar-refractivity contribution is 6.13. The van der Waals surface area contributed by atoms with Crippen LogP contribution in [0, 0.1) is 11.3 Å². The first-order valence-corrected chi connectivity index (χ1v) is 10.6. The summed E-state index contributed by atoms with van der Waals surface area (Å²) in [6.45, 7) is 0. The number of carbonyl (C=O) groups is 1. The van der Waals surface area contributed by atoms with Gasteiger partial charge in [0.1, 0.15) is 0 Å². The normalized spacial score (nSPS) is 17.1. The van der Waals surface area contributed by atoms with Crippen LogP contribution in [0.25, 0.3) is 0 Å². The van der Waals surface area contributed by atoms with Gasteiger partial charge in [-0.05, 0) is 72.0 Å². The Morgan fingerprint density at radius 1 is 0.781 bits per heavy atom. The quantitative estimate of drug-likeness (QED) is 0.441. The Labute approximate surface area is 187 Å². The predicted octanol–water partition coefficient (Wildman–Crippen LogP) is 5.35. The molecule has 1 atom stereocenters. The summed E-state index contributed by atoms with van der Waals surface area (Å²) < 4.78 is 0. The van der Waals surface area contributed by atoms with E-state index < -0.39 is 5.41 Å². The molecule has 2 heterocycles. The summed E-state index contributed by atoms with van der Waals surface area (Å²) in [6.07, 6.45) is 4.64.